The molecule has 0 heterocycles. The number of aliphatic hydroxyl groups excluding tert-OH is 1. The van der Waals surface area contributed by atoms with Crippen molar-refractivity contribution in [2.45, 2.75) is 26.0 Å². The molecular weight excluding hydrogens is 277 g/mol. The van der Waals surface area contributed by atoms with Gasteiger partial charge in [0.15, 0.2) is 0 Å². The summed E-state index contributed by atoms with van der Waals surface area (Å²) < 4.78 is 0.835. The van der Waals surface area contributed by atoms with Gasteiger partial charge in [0.2, 0.25) is 0 Å². The predicted octanol–water partition coefficient (Wildman–Crippen LogP) is 3.12. The SMILES string of the molecule is CC(C)[C@@H](O)[C@@H](N)c1ccc(Cl)cc1Br. The molecule has 84 valence electrons. The molecule has 0 amide bonds. The molecule has 0 aliphatic carbocycles. The van der Waals surface area contributed by atoms with Gasteiger partial charge in [0.05, 0.1) is 12.1 Å². The Morgan fingerprint density at radius 3 is 2.47 bits per heavy atom. The summed E-state index contributed by atoms with van der Waals surface area (Å²) >= 11 is 9.22. The first-order valence-corrected chi connectivity index (χ1v) is 5.99. The molecule has 15 heavy (non-hydrogen) atoms. The van der Waals surface area contributed by atoms with Crippen LogP contribution in [0.15, 0.2) is 22.7 Å². The maximum atomic E-state index is 9.86. The van der Waals surface area contributed by atoms with Gasteiger partial charge >= 0.3 is 0 Å². The highest BCUT2D eigenvalue weighted by Crippen LogP contribution is 2.28. The zero-order chi connectivity index (χ0) is 11.6. The maximum Gasteiger partial charge on any atom is 0.0756 e. The fraction of sp³-hybridized carbons (Fsp3) is 0.455. The lowest BCUT2D eigenvalue weighted by Gasteiger charge is -2.23. The summed E-state index contributed by atoms with van der Waals surface area (Å²) in [4.78, 5) is 0. The zero-order valence-electron chi connectivity index (χ0n) is 8.74. The van der Waals surface area contributed by atoms with Crippen LogP contribution in [0.3, 0.4) is 0 Å². The number of halogens is 2. The van der Waals surface area contributed by atoms with E-state index in [-0.39, 0.29) is 5.92 Å². The molecule has 0 bridgehead atoms. The average Bonchev–Trinajstić information content (AvgIpc) is 2.15. The van der Waals surface area contributed by atoms with Crippen LogP contribution in [0.25, 0.3) is 0 Å². The number of hydrogen-bond acceptors (Lipinski definition) is 2. The van der Waals surface area contributed by atoms with Crippen molar-refractivity contribution in [3.05, 3.63) is 33.3 Å². The predicted molar refractivity (Wildman–Crippen MR) is 66.9 cm³/mol. The maximum absolute atomic E-state index is 9.86. The van der Waals surface area contributed by atoms with Crippen molar-refractivity contribution in [2.75, 3.05) is 0 Å². The van der Waals surface area contributed by atoms with Crippen LogP contribution in [0.4, 0.5) is 0 Å². The highest BCUT2D eigenvalue weighted by molar-refractivity contribution is 9.10. The number of aliphatic hydroxyl groups is 1. The summed E-state index contributed by atoms with van der Waals surface area (Å²) in [6, 6.07) is 5.00. The van der Waals surface area contributed by atoms with E-state index in [1.807, 2.05) is 19.9 Å². The van der Waals surface area contributed by atoms with E-state index >= 15 is 0 Å². The summed E-state index contributed by atoms with van der Waals surface area (Å²) in [7, 11) is 0. The van der Waals surface area contributed by atoms with E-state index in [1.54, 1.807) is 12.1 Å². The Hall–Kier alpha value is -0.0900. The number of hydrogen-bond donors (Lipinski definition) is 2. The van der Waals surface area contributed by atoms with Crippen molar-refractivity contribution in [3.63, 3.8) is 0 Å². The van der Waals surface area contributed by atoms with Crippen molar-refractivity contribution in [3.8, 4) is 0 Å². The Labute approximate surface area is 104 Å². The molecule has 0 saturated heterocycles. The smallest absolute Gasteiger partial charge is 0.0756 e. The third kappa shape index (κ3) is 3.18. The first-order chi connectivity index (χ1) is 6.93. The fourth-order valence-electron chi connectivity index (χ4n) is 1.37. The van der Waals surface area contributed by atoms with Crippen molar-refractivity contribution in [2.24, 2.45) is 11.7 Å². The molecule has 0 spiro atoms. The van der Waals surface area contributed by atoms with Crippen LogP contribution in [-0.4, -0.2) is 11.2 Å². The van der Waals surface area contributed by atoms with Gasteiger partial charge in [-0.25, -0.2) is 0 Å². The van der Waals surface area contributed by atoms with Gasteiger partial charge in [-0.05, 0) is 23.6 Å². The van der Waals surface area contributed by atoms with Crippen LogP contribution >= 0.6 is 27.5 Å². The Kier molecular flexibility index (Phi) is 4.59. The molecule has 1 rings (SSSR count). The lowest BCUT2D eigenvalue weighted by Crippen LogP contribution is -2.30. The average molecular weight is 293 g/mol. The Bertz CT molecular complexity index is 343. The van der Waals surface area contributed by atoms with Crippen LogP contribution in [0.1, 0.15) is 25.5 Å². The van der Waals surface area contributed by atoms with Crippen molar-refractivity contribution in [1.29, 1.82) is 0 Å². The first-order valence-electron chi connectivity index (χ1n) is 4.82. The molecule has 0 saturated carbocycles. The number of benzene rings is 1. The summed E-state index contributed by atoms with van der Waals surface area (Å²) in [5, 5.41) is 10.5. The van der Waals surface area contributed by atoms with E-state index in [0.717, 1.165) is 10.0 Å². The van der Waals surface area contributed by atoms with E-state index in [1.165, 1.54) is 0 Å². The van der Waals surface area contributed by atoms with Crippen LogP contribution in [-0.2, 0) is 0 Å². The van der Waals surface area contributed by atoms with Gasteiger partial charge in [0, 0.05) is 9.50 Å². The zero-order valence-corrected chi connectivity index (χ0v) is 11.1. The molecule has 0 aromatic heterocycles. The van der Waals surface area contributed by atoms with Gasteiger partial charge in [-0.2, -0.15) is 0 Å². The molecule has 0 fully saturated rings. The fourth-order valence-corrected chi connectivity index (χ4v) is 2.32. The van der Waals surface area contributed by atoms with Gasteiger partial charge < -0.3 is 10.8 Å². The van der Waals surface area contributed by atoms with E-state index in [9.17, 15) is 5.11 Å². The van der Waals surface area contributed by atoms with E-state index in [4.69, 9.17) is 17.3 Å². The lowest BCUT2D eigenvalue weighted by molar-refractivity contribution is 0.0977. The Morgan fingerprint density at radius 1 is 1.40 bits per heavy atom. The molecule has 4 heteroatoms. The summed E-state index contributed by atoms with van der Waals surface area (Å²) in [5.41, 5.74) is 6.84. The third-order valence-corrected chi connectivity index (χ3v) is 3.29. The highest BCUT2D eigenvalue weighted by Gasteiger charge is 2.21. The molecule has 1 aromatic rings. The monoisotopic (exact) mass is 291 g/mol. The van der Waals surface area contributed by atoms with Crippen molar-refractivity contribution in [1.82, 2.24) is 0 Å². The summed E-state index contributed by atoms with van der Waals surface area (Å²) in [5.74, 6) is 0.127. The second-order valence-corrected chi connectivity index (χ2v) is 5.22. The Balaban J connectivity index is 2.96. The van der Waals surface area contributed by atoms with Gasteiger partial charge in [0.25, 0.3) is 0 Å². The van der Waals surface area contributed by atoms with E-state index < -0.39 is 12.1 Å². The molecule has 0 unspecified atom stereocenters. The summed E-state index contributed by atoms with van der Waals surface area (Å²) in [6.45, 7) is 3.88. The largest absolute Gasteiger partial charge is 0.391 e. The normalized spacial score (nSPS) is 15.4. The Morgan fingerprint density at radius 2 is 2.00 bits per heavy atom. The quantitative estimate of drug-likeness (QED) is 0.899. The number of nitrogens with two attached hydrogens (primary N) is 1. The molecule has 0 aliphatic heterocycles. The van der Waals surface area contributed by atoms with Crippen LogP contribution in [0.5, 0.6) is 0 Å². The van der Waals surface area contributed by atoms with Crippen LogP contribution in [0.2, 0.25) is 5.02 Å². The molecule has 1 aromatic carbocycles. The summed E-state index contributed by atoms with van der Waals surface area (Å²) in [6.07, 6.45) is -0.553. The van der Waals surface area contributed by atoms with Crippen LogP contribution in [0, 0.1) is 5.92 Å². The van der Waals surface area contributed by atoms with E-state index in [0.29, 0.717) is 5.02 Å². The minimum absolute atomic E-state index is 0.127. The number of rotatable bonds is 3. The van der Waals surface area contributed by atoms with Crippen molar-refractivity contribution < 1.29 is 5.11 Å². The molecule has 2 atom stereocenters. The highest BCUT2D eigenvalue weighted by atomic mass is 79.9. The first kappa shape index (κ1) is 13.0. The molecule has 2 nitrogen and oxygen atoms in total. The van der Waals surface area contributed by atoms with Gasteiger partial charge in [-0.15, -0.1) is 0 Å². The molecular formula is C11H15BrClNO. The second-order valence-electron chi connectivity index (χ2n) is 3.93. The van der Waals surface area contributed by atoms with E-state index in [2.05, 4.69) is 15.9 Å². The van der Waals surface area contributed by atoms with Crippen LogP contribution < -0.4 is 5.73 Å². The standard InChI is InChI=1S/C11H15BrClNO/c1-6(2)11(15)10(14)8-4-3-7(13)5-9(8)12/h3-6,10-11,15H,14H2,1-2H3/t10-,11+/m0/s1. The molecule has 0 radical (unpaired) electrons. The minimum atomic E-state index is -0.553. The molecule has 3 N–H and O–H groups in total. The lowest BCUT2D eigenvalue weighted by atomic mass is 9.94. The van der Waals surface area contributed by atoms with Gasteiger partial charge in [0.1, 0.15) is 0 Å². The third-order valence-electron chi connectivity index (χ3n) is 2.37. The minimum Gasteiger partial charge on any atom is -0.391 e. The second kappa shape index (κ2) is 5.30. The van der Waals surface area contributed by atoms with Gasteiger partial charge in [-0.1, -0.05) is 47.4 Å². The van der Waals surface area contributed by atoms with Crippen molar-refractivity contribution >= 4 is 27.5 Å². The molecule has 0 aliphatic rings. The topological polar surface area (TPSA) is 46.2 Å². The van der Waals surface area contributed by atoms with Gasteiger partial charge in [-0.3, -0.25) is 0 Å².